The van der Waals surface area contributed by atoms with Gasteiger partial charge in [-0.2, -0.15) is 0 Å². The van der Waals surface area contributed by atoms with Gasteiger partial charge < -0.3 is 16.4 Å². The smallest absolute Gasteiger partial charge is 0.325 e. The lowest BCUT2D eigenvalue weighted by Crippen LogP contribution is -2.40. The third-order valence-electron chi connectivity index (χ3n) is 3.99. The second kappa shape index (κ2) is 6.01. The minimum Gasteiger partial charge on any atom is -0.355 e. The molecule has 1 aliphatic heterocycles. The van der Waals surface area contributed by atoms with Crippen molar-refractivity contribution >= 4 is 17.8 Å². The molecule has 21 heavy (non-hydrogen) atoms. The first-order valence-corrected chi connectivity index (χ1v) is 7.47. The highest BCUT2D eigenvalue weighted by Gasteiger charge is 2.43. The van der Waals surface area contributed by atoms with Gasteiger partial charge in [-0.05, 0) is 39.0 Å². The molecule has 7 heteroatoms. The Bertz CT molecular complexity index is 446. The molecule has 0 spiro atoms. The van der Waals surface area contributed by atoms with Crippen LogP contribution in [0, 0.1) is 5.92 Å². The Morgan fingerprint density at radius 1 is 1.48 bits per heavy atom. The van der Waals surface area contributed by atoms with Gasteiger partial charge in [0.05, 0.1) is 0 Å². The summed E-state index contributed by atoms with van der Waals surface area (Å²) in [6.07, 6.45) is 3.05. The molecule has 0 aromatic heterocycles. The average molecular weight is 296 g/mol. The molecule has 2 aliphatic rings. The van der Waals surface area contributed by atoms with E-state index in [9.17, 15) is 14.4 Å². The molecule has 1 saturated heterocycles. The Labute approximate surface area is 124 Å². The lowest BCUT2D eigenvalue weighted by atomic mass is 10.1. The van der Waals surface area contributed by atoms with Crippen LogP contribution in [-0.4, -0.2) is 47.4 Å². The maximum atomic E-state index is 11.9. The van der Waals surface area contributed by atoms with Gasteiger partial charge in [0, 0.05) is 25.6 Å². The first-order chi connectivity index (χ1) is 9.81. The van der Waals surface area contributed by atoms with Gasteiger partial charge in [0.2, 0.25) is 5.91 Å². The van der Waals surface area contributed by atoms with E-state index in [1.165, 1.54) is 4.90 Å². The number of hydrogen-bond donors (Lipinski definition) is 3. The number of carbonyl (C=O) groups excluding carboxylic acids is 3. The van der Waals surface area contributed by atoms with Gasteiger partial charge in [0.1, 0.15) is 5.54 Å². The third kappa shape index (κ3) is 3.93. The Kier molecular flexibility index (Phi) is 4.51. The standard InChI is InChI=1S/C14H24N4O3/c1-14(2)12(20)18(13(21)17-14)7-3-4-11(19)16-8-10(15)9-5-6-9/h9-10H,3-8,15H2,1-2H3,(H,16,19)(H,17,21). The van der Waals surface area contributed by atoms with Gasteiger partial charge in [0.15, 0.2) is 0 Å². The molecule has 1 atom stereocenters. The first kappa shape index (κ1) is 15.8. The summed E-state index contributed by atoms with van der Waals surface area (Å²) in [6, 6.07) is -0.346. The van der Waals surface area contributed by atoms with Crippen LogP contribution in [0.4, 0.5) is 4.79 Å². The summed E-state index contributed by atoms with van der Waals surface area (Å²) in [5.41, 5.74) is 5.05. The number of urea groups is 1. The van der Waals surface area contributed by atoms with Crippen molar-refractivity contribution in [2.24, 2.45) is 11.7 Å². The maximum absolute atomic E-state index is 11.9. The molecular weight excluding hydrogens is 272 g/mol. The molecule has 118 valence electrons. The molecule has 1 unspecified atom stereocenters. The Balaban J connectivity index is 1.65. The molecule has 0 aromatic carbocycles. The molecular formula is C14H24N4O3. The van der Waals surface area contributed by atoms with Gasteiger partial charge in [-0.15, -0.1) is 0 Å². The fraction of sp³-hybridized carbons (Fsp3) is 0.786. The summed E-state index contributed by atoms with van der Waals surface area (Å²) in [5, 5.41) is 5.41. The SMILES string of the molecule is CC1(C)NC(=O)N(CCCC(=O)NCC(N)C2CC2)C1=O. The highest BCUT2D eigenvalue weighted by Crippen LogP contribution is 2.31. The number of imide groups is 1. The summed E-state index contributed by atoms with van der Waals surface area (Å²) in [6.45, 7) is 4.09. The second-order valence-corrected chi connectivity index (χ2v) is 6.42. The highest BCUT2D eigenvalue weighted by molar-refractivity contribution is 6.06. The summed E-state index contributed by atoms with van der Waals surface area (Å²) in [4.78, 5) is 36.4. The van der Waals surface area contributed by atoms with Crippen molar-refractivity contribution in [3.63, 3.8) is 0 Å². The first-order valence-electron chi connectivity index (χ1n) is 7.47. The van der Waals surface area contributed by atoms with Crippen molar-refractivity contribution in [1.29, 1.82) is 0 Å². The zero-order valence-corrected chi connectivity index (χ0v) is 12.6. The van der Waals surface area contributed by atoms with E-state index in [0.29, 0.717) is 18.9 Å². The van der Waals surface area contributed by atoms with E-state index in [0.717, 1.165) is 12.8 Å². The lowest BCUT2D eigenvalue weighted by Gasteiger charge is -2.16. The number of nitrogens with one attached hydrogen (secondary N) is 2. The number of hydrogen-bond acceptors (Lipinski definition) is 4. The number of amides is 4. The number of nitrogens with zero attached hydrogens (tertiary/aromatic N) is 1. The molecule has 7 nitrogen and oxygen atoms in total. The molecule has 4 amide bonds. The third-order valence-corrected chi connectivity index (χ3v) is 3.99. The van der Waals surface area contributed by atoms with Crippen molar-refractivity contribution in [3.8, 4) is 0 Å². The van der Waals surface area contributed by atoms with Crippen LogP contribution < -0.4 is 16.4 Å². The molecule has 0 bridgehead atoms. The topological polar surface area (TPSA) is 105 Å². The molecule has 1 aliphatic carbocycles. The molecule has 4 N–H and O–H groups in total. The van der Waals surface area contributed by atoms with Crippen molar-refractivity contribution in [2.75, 3.05) is 13.1 Å². The zero-order valence-electron chi connectivity index (χ0n) is 12.6. The number of nitrogens with two attached hydrogens (primary N) is 1. The zero-order chi connectivity index (χ0) is 15.6. The minimum atomic E-state index is -0.851. The second-order valence-electron chi connectivity index (χ2n) is 6.42. The Morgan fingerprint density at radius 3 is 2.67 bits per heavy atom. The van der Waals surface area contributed by atoms with Crippen molar-refractivity contribution in [1.82, 2.24) is 15.5 Å². The van der Waals surface area contributed by atoms with Crippen molar-refractivity contribution < 1.29 is 14.4 Å². The molecule has 1 saturated carbocycles. The predicted molar refractivity (Wildman–Crippen MR) is 77.3 cm³/mol. The van der Waals surface area contributed by atoms with Gasteiger partial charge in [-0.25, -0.2) is 4.79 Å². The summed E-state index contributed by atoms with van der Waals surface area (Å²) in [5.74, 6) is 0.222. The van der Waals surface area contributed by atoms with E-state index in [4.69, 9.17) is 5.73 Å². The average Bonchev–Trinajstić information content (AvgIpc) is 3.21. The molecule has 2 fully saturated rings. The van der Waals surface area contributed by atoms with Crippen LogP contribution in [-0.2, 0) is 9.59 Å². The summed E-state index contributed by atoms with van der Waals surface area (Å²) < 4.78 is 0. The quantitative estimate of drug-likeness (QED) is 0.573. The fourth-order valence-electron chi connectivity index (χ4n) is 2.43. The van der Waals surface area contributed by atoms with Crippen molar-refractivity contribution in [2.45, 2.75) is 51.1 Å². The van der Waals surface area contributed by atoms with E-state index in [1.54, 1.807) is 13.8 Å². The fourth-order valence-corrected chi connectivity index (χ4v) is 2.43. The minimum absolute atomic E-state index is 0.0423. The van der Waals surface area contributed by atoms with E-state index in [-0.39, 0.29) is 36.9 Å². The monoisotopic (exact) mass is 296 g/mol. The largest absolute Gasteiger partial charge is 0.355 e. The van der Waals surface area contributed by atoms with E-state index in [1.807, 2.05) is 0 Å². The van der Waals surface area contributed by atoms with Crippen LogP contribution in [0.3, 0.4) is 0 Å². The van der Waals surface area contributed by atoms with Crippen LogP contribution >= 0.6 is 0 Å². The van der Waals surface area contributed by atoms with Gasteiger partial charge in [-0.3, -0.25) is 14.5 Å². The van der Waals surface area contributed by atoms with Crippen LogP contribution in [0.25, 0.3) is 0 Å². The summed E-state index contributed by atoms with van der Waals surface area (Å²) in [7, 11) is 0. The van der Waals surface area contributed by atoms with Crippen LogP contribution in [0.5, 0.6) is 0 Å². The Morgan fingerprint density at radius 2 is 2.14 bits per heavy atom. The van der Waals surface area contributed by atoms with Crippen LogP contribution in [0.15, 0.2) is 0 Å². The predicted octanol–water partition coefficient (Wildman–Crippen LogP) is -0.0495. The van der Waals surface area contributed by atoms with Gasteiger partial charge in [-0.1, -0.05) is 0 Å². The van der Waals surface area contributed by atoms with E-state index in [2.05, 4.69) is 10.6 Å². The molecule has 1 heterocycles. The van der Waals surface area contributed by atoms with Crippen LogP contribution in [0.1, 0.15) is 39.5 Å². The number of carbonyl (C=O) groups is 3. The molecule has 0 radical (unpaired) electrons. The lowest BCUT2D eigenvalue weighted by molar-refractivity contribution is -0.130. The molecule has 0 aromatic rings. The molecule has 2 rings (SSSR count). The highest BCUT2D eigenvalue weighted by atomic mass is 16.2. The van der Waals surface area contributed by atoms with E-state index < -0.39 is 5.54 Å². The Hall–Kier alpha value is -1.63. The van der Waals surface area contributed by atoms with Crippen LogP contribution in [0.2, 0.25) is 0 Å². The van der Waals surface area contributed by atoms with E-state index >= 15 is 0 Å². The maximum Gasteiger partial charge on any atom is 0.325 e. The number of rotatable bonds is 7. The van der Waals surface area contributed by atoms with Gasteiger partial charge in [0.25, 0.3) is 5.91 Å². The normalized spacial score (nSPS) is 22.1. The van der Waals surface area contributed by atoms with Crippen molar-refractivity contribution in [3.05, 3.63) is 0 Å². The summed E-state index contributed by atoms with van der Waals surface area (Å²) >= 11 is 0. The van der Waals surface area contributed by atoms with Gasteiger partial charge >= 0.3 is 6.03 Å².